The van der Waals surface area contributed by atoms with Gasteiger partial charge in [-0.05, 0) is 34.9 Å². The Hall–Kier alpha value is -6.07. The van der Waals surface area contributed by atoms with Crippen molar-refractivity contribution in [3.05, 3.63) is 144 Å². The van der Waals surface area contributed by atoms with Crippen molar-refractivity contribution in [2.75, 3.05) is 0 Å². The zero-order chi connectivity index (χ0) is 45.0. The molecular formula is C42H28N4O. The molecule has 5 nitrogen and oxygen atoms in total. The number of fused-ring (bicyclic) bond motifs is 10. The average molecular weight is 621 g/mol. The standard InChI is InChI=1S/C42H28N4O/c1-42(2)31-19-9-6-16-28(31)37-32(42)24-23-27-26-15-7-10-20-33(26)46(38(27)37)41-44-39(25-13-4-3-5-14-25)43-40(45-41)30-18-12-22-35-36(30)29-17-8-11-21-34(29)47-35/h3-24H,1-2H3/i1D3,2D3,6D,7D,9D,10D,15D,16D,19D,20D,23D,24D. The number of hydrogen-bond acceptors (Lipinski definition) is 4. The van der Waals surface area contributed by atoms with Gasteiger partial charge in [0.05, 0.1) is 24.7 Å². The van der Waals surface area contributed by atoms with Crippen LogP contribution < -0.4 is 0 Å². The minimum atomic E-state index is -3.65. The van der Waals surface area contributed by atoms with Crippen molar-refractivity contribution in [2.45, 2.75) is 19.1 Å². The van der Waals surface area contributed by atoms with Crippen molar-refractivity contribution in [2.24, 2.45) is 0 Å². The Labute approximate surface area is 293 Å². The molecule has 9 aromatic rings. The first-order valence-corrected chi connectivity index (χ1v) is 14.7. The summed E-state index contributed by atoms with van der Waals surface area (Å²) >= 11 is 0. The van der Waals surface area contributed by atoms with Gasteiger partial charge >= 0.3 is 0 Å². The largest absolute Gasteiger partial charge is 0.456 e. The molecule has 0 saturated carbocycles. The number of aromatic nitrogens is 4. The molecule has 6 aromatic carbocycles. The number of furan rings is 1. The molecule has 0 bridgehead atoms. The number of rotatable bonds is 3. The van der Waals surface area contributed by atoms with Crippen molar-refractivity contribution in [1.29, 1.82) is 0 Å². The molecule has 0 spiro atoms. The van der Waals surface area contributed by atoms with Gasteiger partial charge in [-0.15, -0.1) is 0 Å². The van der Waals surface area contributed by atoms with Crippen LogP contribution in [-0.4, -0.2) is 19.5 Å². The molecule has 0 N–H and O–H groups in total. The van der Waals surface area contributed by atoms with E-state index in [1.807, 2.05) is 18.2 Å². The lowest BCUT2D eigenvalue weighted by molar-refractivity contribution is 0.660. The number of nitrogens with zero attached hydrogens (tertiary/aromatic N) is 4. The van der Waals surface area contributed by atoms with Crippen molar-refractivity contribution < 1.29 is 26.3 Å². The van der Waals surface area contributed by atoms with E-state index in [1.165, 1.54) is 0 Å². The molecule has 3 aromatic heterocycles. The van der Waals surface area contributed by atoms with Crippen LogP contribution in [0.5, 0.6) is 0 Å². The lowest BCUT2D eigenvalue weighted by atomic mass is 9.82. The lowest BCUT2D eigenvalue weighted by Crippen LogP contribution is -2.14. The van der Waals surface area contributed by atoms with Crippen LogP contribution in [0.3, 0.4) is 0 Å². The fourth-order valence-corrected chi connectivity index (χ4v) is 6.55. The molecule has 47 heavy (non-hydrogen) atoms. The van der Waals surface area contributed by atoms with E-state index in [0.29, 0.717) is 33.1 Å². The van der Waals surface area contributed by atoms with Crippen LogP contribution in [0.2, 0.25) is 0 Å². The molecule has 1 aliphatic carbocycles. The smallest absolute Gasteiger partial charge is 0.238 e. The van der Waals surface area contributed by atoms with E-state index in [2.05, 4.69) is 0 Å². The Bertz CT molecular complexity index is 3490. The lowest BCUT2D eigenvalue weighted by Gasteiger charge is -2.21. The summed E-state index contributed by atoms with van der Waals surface area (Å²) in [7, 11) is 0. The zero-order valence-electron chi connectivity index (χ0n) is 40.1. The molecule has 0 unspecified atom stereocenters. The van der Waals surface area contributed by atoms with E-state index in [-0.39, 0.29) is 39.4 Å². The third-order valence-electron chi connectivity index (χ3n) is 8.59. The van der Waals surface area contributed by atoms with Crippen LogP contribution in [0.4, 0.5) is 0 Å². The van der Waals surface area contributed by atoms with E-state index in [4.69, 9.17) is 34.4 Å². The number of benzene rings is 6. The van der Waals surface area contributed by atoms with E-state index in [9.17, 15) is 6.85 Å². The van der Waals surface area contributed by atoms with Gasteiger partial charge < -0.3 is 4.42 Å². The molecule has 0 aliphatic heterocycles. The molecule has 0 saturated heterocycles. The fraction of sp³-hybridized carbons (Fsp3) is 0.0714. The second-order valence-electron chi connectivity index (χ2n) is 11.2. The van der Waals surface area contributed by atoms with Gasteiger partial charge in [-0.3, -0.25) is 4.57 Å². The summed E-state index contributed by atoms with van der Waals surface area (Å²) in [4.78, 5) is 14.7. The van der Waals surface area contributed by atoms with Crippen LogP contribution >= 0.6 is 0 Å². The predicted molar refractivity (Wildman–Crippen MR) is 190 cm³/mol. The van der Waals surface area contributed by atoms with E-state index >= 15 is 0 Å². The molecule has 1 aliphatic rings. The van der Waals surface area contributed by atoms with Crippen molar-refractivity contribution in [3.8, 4) is 39.9 Å². The molecule has 3 heterocycles. The van der Waals surface area contributed by atoms with E-state index in [0.717, 1.165) is 4.57 Å². The summed E-state index contributed by atoms with van der Waals surface area (Å²) in [5.74, 6) is -0.262. The van der Waals surface area contributed by atoms with Crippen molar-refractivity contribution in [3.63, 3.8) is 0 Å². The molecule has 0 radical (unpaired) electrons. The minimum absolute atomic E-state index is 0.0355. The van der Waals surface area contributed by atoms with Crippen LogP contribution in [0.15, 0.2) is 138 Å². The maximum absolute atomic E-state index is 9.54. The normalized spacial score (nSPS) is 18.9. The van der Waals surface area contributed by atoms with Gasteiger partial charge in [-0.1, -0.05) is 129 Å². The number of para-hydroxylation sites is 2. The SMILES string of the molecule is [2H]c1c([2H])c([2H])c2c(c1[2H])-c1c(c([2H])c([2H])c3c4c([2H])c([2H])c([2H])c([2H])c4n(-c4nc(-c5ccccc5)nc(-c5cccc6oc7ccccc7c56)n4)c13)C2(C([2H])([2H])[2H])C([2H])([2H])[2H]. The highest BCUT2D eigenvalue weighted by Crippen LogP contribution is 2.52. The van der Waals surface area contributed by atoms with Crippen LogP contribution in [0.1, 0.15) is 46.8 Å². The van der Waals surface area contributed by atoms with Gasteiger partial charge in [0.1, 0.15) is 11.2 Å². The van der Waals surface area contributed by atoms with Crippen molar-refractivity contribution in [1.82, 2.24) is 19.5 Å². The monoisotopic (exact) mass is 620 g/mol. The highest BCUT2D eigenvalue weighted by Gasteiger charge is 2.37. The van der Waals surface area contributed by atoms with Gasteiger partial charge in [0.2, 0.25) is 5.95 Å². The Morgan fingerprint density at radius 2 is 1.43 bits per heavy atom. The summed E-state index contributed by atoms with van der Waals surface area (Å²) in [5, 5.41) is 0.642. The molecule has 0 atom stereocenters. The quantitative estimate of drug-likeness (QED) is 0.197. The number of hydrogen-bond donors (Lipinski definition) is 0. The summed E-state index contributed by atoms with van der Waals surface area (Å²) in [6.45, 7) is -7.31. The Balaban J connectivity index is 1.50. The first-order valence-electron chi connectivity index (χ1n) is 22.7. The van der Waals surface area contributed by atoms with Crippen LogP contribution in [0.25, 0.3) is 83.6 Å². The molecule has 222 valence electrons. The molecule has 0 fully saturated rings. The predicted octanol–water partition coefficient (Wildman–Crippen LogP) is 10.5. The second kappa shape index (κ2) is 9.47. The summed E-state index contributed by atoms with van der Waals surface area (Å²) in [5.41, 5.74) is -4.84. The topological polar surface area (TPSA) is 56.7 Å². The Morgan fingerprint density at radius 3 is 2.34 bits per heavy atom. The molecule has 10 rings (SSSR count). The minimum Gasteiger partial charge on any atom is -0.456 e. The molecule has 0 amide bonds. The third kappa shape index (κ3) is 3.62. The highest BCUT2D eigenvalue weighted by molar-refractivity contribution is 6.16. The van der Waals surface area contributed by atoms with Crippen LogP contribution in [-0.2, 0) is 5.41 Å². The maximum atomic E-state index is 9.54. The average Bonchev–Trinajstić information content (AvgIpc) is 3.93. The molecular weight excluding hydrogens is 576 g/mol. The van der Waals surface area contributed by atoms with E-state index < -0.39 is 102 Å². The Morgan fingerprint density at radius 1 is 0.638 bits per heavy atom. The first kappa shape index (κ1) is 15.0. The fourth-order valence-electron chi connectivity index (χ4n) is 6.55. The zero-order valence-corrected chi connectivity index (χ0v) is 24.1. The maximum Gasteiger partial charge on any atom is 0.238 e. The summed E-state index contributed by atoms with van der Waals surface area (Å²) < 4.78 is 151. The first-order chi connectivity index (χ1) is 29.7. The second-order valence-corrected chi connectivity index (χ2v) is 11.2. The van der Waals surface area contributed by atoms with Gasteiger partial charge in [0, 0.05) is 51.9 Å². The van der Waals surface area contributed by atoms with Gasteiger partial charge in [0.25, 0.3) is 0 Å². The van der Waals surface area contributed by atoms with Crippen molar-refractivity contribution >= 4 is 43.7 Å². The van der Waals surface area contributed by atoms with Gasteiger partial charge in [-0.2, -0.15) is 9.97 Å². The summed E-state index contributed by atoms with van der Waals surface area (Å²) in [6.07, 6.45) is 0. The van der Waals surface area contributed by atoms with Gasteiger partial charge in [0.15, 0.2) is 11.6 Å². The van der Waals surface area contributed by atoms with Crippen LogP contribution in [0, 0.1) is 0 Å². The summed E-state index contributed by atoms with van der Waals surface area (Å²) in [6, 6.07) is 13.0. The molecule has 5 heteroatoms. The Kier molecular flexibility index (Phi) is 3.03. The highest BCUT2D eigenvalue weighted by atomic mass is 16.3. The van der Waals surface area contributed by atoms with Gasteiger partial charge in [-0.25, -0.2) is 4.98 Å². The third-order valence-corrected chi connectivity index (χ3v) is 8.59. The van der Waals surface area contributed by atoms with E-state index in [1.54, 1.807) is 54.6 Å².